The van der Waals surface area contributed by atoms with E-state index in [1.54, 1.807) is 48.5 Å². The van der Waals surface area contributed by atoms with E-state index < -0.39 is 30.4 Å². The Bertz CT molecular complexity index is 816. The molecule has 6 heteroatoms. The summed E-state index contributed by atoms with van der Waals surface area (Å²) in [6.07, 6.45) is 2.82. The molecule has 6 nitrogen and oxygen atoms in total. The van der Waals surface area contributed by atoms with E-state index in [1.165, 1.54) is 0 Å². The van der Waals surface area contributed by atoms with E-state index in [-0.39, 0.29) is 11.1 Å². The van der Waals surface area contributed by atoms with Gasteiger partial charge in [-0.25, -0.2) is 4.79 Å². The van der Waals surface area contributed by atoms with Crippen molar-refractivity contribution < 1.29 is 24.6 Å². The maximum atomic E-state index is 13.4. The number of hydrogen-bond donors (Lipinski definition) is 2. The van der Waals surface area contributed by atoms with Crippen LogP contribution in [0.15, 0.2) is 48.5 Å². The lowest BCUT2D eigenvalue weighted by Crippen LogP contribution is -2.51. The minimum absolute atomic E-state index is 0.273. The van der Waals surface area contributed by atoms with Crippen molar-refractivity contribution in [1.29, 1.82) is 0 Å². The Morgan fingerprint density at radius 2 is 1.24 bits per heavy atom. The van der Waals surface area contributed by atoms with Crippen LogP contribution in [0.5, 0.6) is 0 Å². The summed E-state index contributed by atoms with van der Waals surface area (Å²) in [6, 6.07) is 12.0. The van der Waals surface area contributed by atoms with Crippen molar-refractivity contribution in [3.63, 3.8) is 0 Å². The number of benzene rings is 2. The topological polar surface area (TPSA) is 94.9 Å². The molecule has 0 radical (unpaired) electrons. The first-order valence-electron chi connectivity index (χ1n) is 9.83. The molecule has 0 aliphatic carbocycles. The molecule has 0 saturated heterocycles. The number of aryl methyl sites for hydroxylation is 2. The van der Waals surface area contributed by atoms with Gasteiger partial charge in [0, 0.05) is 11.1 Å². The van der Waals surface area contributed by atoms with Gasteiger partial charge in [-0.2, -0.15) is 0 Å². The first-order valence-corrected chi connectivity index (χ1v) is 9.83. The smallest absolute Gasteiger partial charge is 0.329 e. The number of nitrogens with zero attached hydrogens (tertiary/aromatic N) is 1. The average molecular weight is 397 g/mol. The summed E-state index contributed by atoms with van der Waals surface area (Å²) in [7, 11) is 0. The van der Waals surface area contributed by atoms with Gasteiger partial charge < -0.3 is 10.2 Å². The summed E-state index contributed by atoms with van der Waals surface area (Å²) in [5.41, 5.74) is 2.02. The zero-order valence-corrected chi connectivity index (χ0v) is 16.8. The van der Waals surface area contributed by atoms with Crippen LogP contribution in [-0.4, -0.2) is 45.5 Å². The van der Waals surface area contributed by atoms with Gasteiger partial charge in [-0.15, -0.1) is 0 Å². The van der Waals surface area contributed by atoms with Gasteiger partial charge in [0.25, 0.3) is 11.8 Å². The summed E-state index contributed by atoms with van der Waals surface area (Å²) >= 11 is 0. The largest absolute Gasteiger partial charge is 0.480 e. The molecular formula is C23H27NO5. The van der Waals surface area contributed by atoms with Crippen molar-refractivity contribution in [1.82, 2.24) is 4.90 Å². The number of rotatable bonds is 9. The number of imide groups is 1. The molecule has 0 bridgehead atoms. The number of carboxylic acid groups (broad SMARTS) is 1. The molecule has 2 aromatic carbocycles. The Hall–Kier alpha value is -2.99. The fraction of sp³-hybridized carbons (Fsp3) is 0.348. The van der Waals surface area contributed by atoms with E-state index in [4.69, 9.17) is 0 Å². The van der Waals surface area contributed by atoms with Crippen LogP contribution >= 0.6 is 0 Å². The Balaban J connectivity index is 2.58. The number of aliphatic carboxylic acids is 1. The first-order chi connectivity index (χ1) is 14.0. The zero-order chi connectivity index (χ0) is 21.4. The van der Waals surface area contributed by atoms with E-state index in [1.807, 2.05) is 13.8 Å². The molecule has 2 amide bonds. The fourth-order valence-corrected chi connectivity index (χ4v) is 3.34. The van der Waals surface area contributed by atoms with Gasteiger partial charge >= 0.3 is 5.97 Å². The predicted molar refractivity (Wildman–Crippen MR) is 110 cm³/mol. The third-order valence-electron chi connectivity index (χ3n) is 4.74. The zero-order valence-electron chi connectivity index (χ0n) is 16.8. The first kappa shape index (κ1) is 22.3. The number of hydrogen-bond acceptors (Lipinski definition) is 4. The number of aliphatic hydroxyl groups is 1. The number of carbonyl (C=O) groups is 3. The Kier molecular flexibility index (Phi) is 8.09. The highest BCUT2D eigenvalue weighted by Crippen LogP contribution is 2.21. The molecule has 2 aromatic rings. The van der Waals surface area contributed by atoms with Crippen molar-refractivity contribution >= 4 is 17.8 Å². The normalized spacial score (nSPS) is 11.7. The molecule has 0 fully saturated rings. The van der Waals surface area contributed by atoms with Crippen molar-refractivity contribution in [3.05, 3.63) is 70.8 Å². The van der Waals surface area contributed by atoms with E-state index in [0.717, 1.165) is 24.0 Å². The molecule has 0 heterocycles. The lowest BCUT2D eigenvalue weighted by atomic mass is 9.99. The molecule has 2 N–H and O–H groups in total. The molecule has 0 aliphatic heterocycles. The number of carbonyl (C=O) groups excluding carboxylic acids is 2. The maximum Gasteiger partial charge on any atom is 0.329 e. The summed E-state index contributed by atoms with van der Waals surface area (Å²) < 4.78 is 0. The molecule has 1 unspecified atom stereocenters. The fourth-order valence-electron chi connectivity index (χ4n) is 3.34. The third kappa shape index (κ3) is 5.09. The predicted octanol–water partition coefficient (Wildman–Crippen LogP) is 3.32. The highest BCUT2D eigenvalue weighted by molar-refractivity contribution is 6.13. The minimum Gasteiger partial charge on any atom is -0.480 e. The van der Waals surface area contributed by atoms with Crippen LogP contribution in [0.3, 0.4) is 0 Å². The second-order valence-electron chi connectivity index (χ2n) is 6.83. The molecule has 1 atom stereocenters. The number of amides is 2. The molecule has 0 aromatic heterocycles. The van der Waals surface area contributed by atoms with Gasteiger partial charge in [-0.05, 0) is 36.1 Å². The minimum atomic E-state index is -1.67. The van der Waals surface area contributed by atoms with E-state index in [0.29, 0.717) is 17.7 Å². The average Bonchev–Trinajstić information content (AvgIpc) is 2.72. The molecule has 0 saturated carbocycles. The van der Waals surface area contributed by atoms with Crippen molar-refractivity contribution in [2.45, 2.75) is 45.6 Å². The van der Waals surface area contributed by atoms with Crippen LogP contribution in [-0.2, 0) is 17.6 Å². The highest BCUT2D eigenvalue weighted by atomic mass is 16.4. The Morgan fingerprint density at radius 3 is 1.59 bits per heavy atom. The maximum absolute atomic E-state index is 13.4. The lowest BCUT2D eigenvalue weighted by molar-refractivity contribution is -0.142. The Morgan fingerprint density at radius 1 is 0.828 bits per heavy atom. The molecule has 154 valence electrons. The summed E-state index contributed by atoms with van der Waals surface area (Å²) in [6.45, 7) is 3.08. The van der Waals surface area contributed by atoms with Crippen LogP contribution in [0.2, 0.25) is 0 Å². The quantitative estimate of drug-likeness (QED) is 0.633. The standard InChI is InChI=1S/C23H27NO5/c1-3-9-16-11-5-7-13-18(16)21(26)24(20(15-25)23(28)29)22(27)19-14-8-6-12-17(19)10-4-2/h5-8,11-14,20,25H,3-4,9-10,15H2,1-2H3,(H,28,29). The van der Waals surface area contributed by atoms with E-state index in [2.05, 4.69) is 0 Å². The van der Waals surface area contributed by atoms with Crippen molar-refractivity contribution in [3.8, 4) is 0 Å². The molecule has 0 aliphatic rings. The van der Waals surface area contributed by atoms with Crippen LogP contribution < -0.4 is 0 Å². The van der Waals surface area contributed by atoms with Gasteiger partial charge in [-0.3, -0.25) is 14.5 Å². The third-order valence-corrected chi connectivity index (χ3v) is 4.74. The highest BCUT2D eigenvalue weighted by Gasteiger charge is 2.36. The van der Waals surface area contributed by atoms with Gasteiger partial charge in [0.2, 0.25) is 0 Å². The van der Waals surface area contributed by atoms with E-state index >= 15 is 0 Å². The van der Waals surface area contributed by atoms with Crippen molar-refractivity contribution in [2.75, 3.05) is 6.61 Å². The monoisotopic (exact) mass is 397 g/mol. The van der Waals surface area contributed by atoms with Gasteiger partial charge in [0.1, 0.15) is 0 Å². The summed E-state index contributed by atoms with van der Waals surface area (Å²) in [5, 5.41) is 19.3. The van der Waals surface area contributed by atoms with Crippen molar-refractivity contribution in [2.24, 2.45) is 0 Å². The van der Waals surface area contributed by atoms with Crippen LogP contribution in [0, 0.1) is 0 Å². The second kappa shape index (κ2) is 10.5. The van der Waals surface area contributed by atoms with Crippen LogP contribution in [0.4, 0.5) is 0 Å². The number of carboxylic acids is 1. The van der Waals surface area contributed by atoms with Crippen LogP contribution in [0.25, 0.3) is 0 Å². The van der Waals surface area contributed by atoms with Gasteiger partial charge in [0.05, 0.1) is 6.61 Å². The molecule has 29 heavy (non-hydrogen) atoms. The van der Waals surface area contributed by atoms with Crippen LogP contribution in [0.1, 0.15) is 58.5 Å². The lowest BCUT2D eigenvalue weighted by Gasteiger charge is -2.27. The molecular weight excluding hydrogens is 370 g/mol. The number of aliphatic hydroxyl groups excluding tert-OH is 1. The SMILES string of the molecule is CCCc1ccccc1C(=O)N(C(=O)c1ccccc1CCC)C(CO)C(=O)O. The summed E-state index contributed by atoms with van der Waals surface area (Å²) in [4.78, 5) is 39.2. The van der Waals surface area contributed by atoms with E-state index in [9.17, 15) is 24.6 Å². The molecule has 0 spiro atoms. The second-order valence-corrected chi connectivity index (χ2v) is 6.83. The van der Waals surface area contributed by atoms with Gasteiger partial charge in [0.15, 0.2) is 6.04 Å². The molecule has 2 rings (SSSR count). The summed E-state index contributed by atoms with van der Waals surface area (Å²) in [5.74, 6) is -2.87. The van der Waals surface area contributed by atoms with Gasteiger partial charge in [-0.1, -0.05) is 63.1 Å². The Labute approximate surface area is 170 Å².